The highest BCUT2D eigenvalue weighted by atomic mass is 79.9. The van der Waals surface area contributed by atoms with Crippen LogP contribution in [0.2, 0.25) is 0 Å². The highest BCUT2D eigenvalue weighted by Gasteiger charge is 2.30. The SMILES string of the molecule is COC(=O)C1CCC(c2nc(Br)c3c(=O)[nH]cnn23)CC1. The Hall–Kier alpha value is -1.70. The van der Waals surface area contributed by atoms with Gasteiger partial charge in [0.2, 0.25) is 0 Å². The number of nitrogens with zero attached hydrogens (tertiary/aromatic N) is 3. The average molecular weight is 355 g/mol. The molecular formula is C13H15BrN4O3. The molecule has 2 aromatic heterocycles. The van der Waals surface area contributed by atoms with Crippen LogP contribution in [0.4, 0.5) is 0 Å². The first-order valence-corrected chi connectivity index (χ1v) is 7.60. The molecular weight excluding hydrogens is 340 g/mol. The van der Waals surface area contributed by atoms with Crippen molar-refractivity contribution in [2.45, 2.75) is 31.6 Å². The van der Waals surface area contributed by atoms with Crippen molar-refractivity contribution in [1.82, 2.24) is 19.6 Å². The summed E-state index contributed by atoms with van der Waals surface area (Å²) in [6, 6.07) is 0. The Labute approximate surface area is 128 Å². The Morgan fingerprint density at radius 2 is 2.14 bits per heavy atom. The Bertz CT molecular complexity index is 731. The Kier molecular flexibility index (Phi) is 3.79. The number of methoxy groups -OCH3 is 1. The van der Waals surface area contributed by atoms with Crippen LogP contribution in [0, 0.1) is 5.92 Å². The zero-order chi connectivity index (χ0) is 15.0. The Balaban J connectivity index is 1.88. The summed E-state index contributed by atoms with van der Waals surface area (Å²) in [7, 11) is 1.42. The van der Waals surface area contributed by atoms with E-state index in [9.17, 15) is 9.59 Å². The summed E-state index contributed by atoms with van der Waals surface area (Å²) in [4.78, 5) is 30.4. The number of hydrogen-bond donors (Lipinski definition) is 1. The standard InChI is InChI=1S/C13H15BrN4O3/c1-21-13(20)8-4-2-7(3-5-8)11-17-10(14)9-12(19)15-6-16-18(9)11/h6-8H,2-5H2,1H3,(H,15,16,19). The predicted molar refractivity (Wildman–Crippen MR) is 78.0 cm³/mol. The fraction of sp³-hybridized carbons (Fsp3) is 0.538. The summed E-state index contributed by atoms with van der Waals surface area (Å²) in [5, 5.41) is 4.19. The first kappa shape index (κ1) is 14.2. The molecule has 7 nitrogen and oxygen atoms in total. The second-order valence-electron chi connectivity index (χ2n) is 5.21. The van der Waals surface area contributed by atoms with E-state index in [1.807, 2.05) is 0 Å². The fourth-order valence-corrected chi connectivity index (χ4v) is 3.47. The summed E-state index contributed by atoms with van der Waals surface area (Å²) in [6.07, 6.45) is 4.58. The average Bonchev–Trinajstić information content (AvgIpc) is 2.85. The number of imidazole rings is 1. The van der Waals surface area contributed by atoms with Crippen LogP contribution in [0.1, 0.15) is 37.4 Å². The van der Waals surface area contributed by atoms with Gasteiger partial charge in [0.05, 0.1) is 13.0 Å². The molecule has 1 N–H and O–H groups in total. The van der Waals surface area contributed by atoms with E-state index in [-0.39, 0.29) is 23.4 Å². The molecule has 0 saturated heterocycles. The molecule has 2 heterocycles. The number of esters is 1. The summed E-state index contributed by atoms with van der Waals surface area (Å²) < 4.78 is 6.89. The van der Waals surface area contributed by atoms with Crippen molar-refractivity contribution < 1.29 is 9.53 Å². The summed E-state index contributed by atoms with van der Waals surface area (Å²) in [6.45, 7) is 0. The Morgan fingerprint density at radius 1 is 1.43 bits per heavy atom. The third kappa shape index (κ3) is 2.48. The van der Waals surface area contributed by atoms with E-state index in [1.54, 1.807) is 4.52 Å². The van der Waals surface area contributed by atoms with Crippen molar-refractivity contribution in [3.05, 3.63) is 27.1 Å². The molecule has 112 valence electrons. The summed E-state index contributed by atoms with van der Waals surface area (Å²) >= 11 is 3.32. The van der Waals surface area contributed by atoms with E-state index in [0.717, 1.165) is 31.5 Å². The number of rotatable bonds is 2. The Morgan fingerprint density at radius 3 is 2.81 bits per heavy atom. The number of aromatic nitrogens is 4. The number of nitrogens with one attached hydrogen (secondary N) is 1. The molecule has 0 radical (unpaired) electrons. The fourth-order valence-electron chi connectivity index (χ4n) is 2.94. The van der Waals surface area contributed by atoms with E-state index >= 15 is 0 Å². The first-order chi connectivity index (χ1) is 10.1. The lowest BCUT2D eigenvalue weighted by molar-refractivity contribution is -0.146. The van der Waals surface area contributed by atoms with Gasteiger partial charge in [0.1, 0.15) is 16.8 Å². The van der Waals surface area contributed by atoms with Gasteiger partial charge in [-0.15, -0.1) is 0 Å². The molecule has 0 bridgehead atoms. The number of H-pyrrole nitrogens is 1. The topological polar surface area (TPSA) is 89.3 Å². The minimum Gasteiger partial charge on any atom is -0.469 e. The molecule has 1 saturated carbocycles. The van der Waals surface area contributed by atoms with E-state index in [2.05, 4.69) is 31.0 Å². The number of carbonyl (C=O) groups excluding carboxylic acids is 1. The van der Waals surface area contributed by atoms with Gasteiger partial charge < -0.3 is 9.72 Å². The van der Waals surface area contributed by atoms with Gasteiger partial charge in [0.25, 0.3) is 5.56 Å². The van der Waals surface area contributed by atoms with Crippen LogP contribution in [0.15, 0.2) is 15.7 Å². The summed E-state index contributed by atoms with van der Waals surface area (Å²) in [5.74, 6) is 0.791. The third-order valence-corrected chi connectivity index (χ3v) is 4.60. The zero-order valence-electron chi connectivity index (χ0n) is 11.5. The molecule has 0 amide bonds. The van der Waals surface area contributed by atoms with E-state index in [0.29, 0.717) is 10.1 Å². The lowest BCUT2D eigenvalue weighted by Gasteiger charge is -2.25. The third-order valence-electron chi connectivity index (χ3n) is 4.05. The molecule has 8 heteroatoms. The molecule has 0 atom stereocenters. The highest BCUT2D eigenvalue weighted by molar-refractivity contribution is 9.10. The molecule has 1 aliphatic carbocycles. The van der Waals surface area contributed by atoms with Crippen molar-refractivity contribution in [3.63, 3.8) is 0 Å². The number of aromatic amines is 1. The molecule has 3 rings (SSSR count). The van der Waals surface area contributed by atoms with Gasteiger partial charge >= 0.3 is 5.97 Å². The van der Waals surface area contributed by atoms with Crippen LogP contribution in [-0.4, -0.2) is 32.7 Å². The van der Waals surface area contributed by atoms with Crippen LogP contribution >= 0.6 is 15.9 Å². The van der Waals surface area contributed by atoms with Crippen LogP contribution in [-0.2, 0) is 9.53 Å². The van der Waals surface area contributed by atoms with Crippen LogP contribution in [0.5, 0.6) is 0 Å². The lowest BCUT2D eigenvalue weighted by Crippen LogP contribution is -2.23. The first-order valence-electron chi connectivity index (χ1n) is 6.81. The number of carbonyl (C=O) groups is 1. The monoisotopic (exact) mass is 354 g/mol. The number of hydrogen-bond acceptors (Lipinski definition) is 5. The molecule has 0 unspecified atom stereocenters. The number of fused-ring (bicyclic) bond motifs is 1. The normalized spacial score (nSPS) is 22.4. The van der Waals surface area contributed by atoms with Gasteiger partial charge in [-0.3, -0.25) is 9.59 Å². The van der Waals surface area contributed by atoms with Crippen LogP contribution < -0.4 is 5.56 Å². The molecule has 0 aromatic carbocycles. The molecule has 21 heavy (non-hydrogen) atoms. The maximum atomic E-state index is 11.8. The maximum Gasteiger partial charge on any atom is 0.308 e. The van der Waals surface area contributed by atoms with Crippen molar-refractivity contribution >= 4 is 27.4 Å². The molecule has 0 spiro atoms. The van der Waals surface area contributed by atoms with Crippen LogP contribution in [0.3, 0.4) is 0 Å². The van der Waals surface area contributed by atoms with Crippen molar-refractivity contribution in [2.24, 2.45) is 5.92 Å². The van der Waals surface area contributed by atoms with Gasteiger partial charge in [-0.25, -0.2) is 9.50 Å². The van der Waals surface area contributed by atoms with Gasteiger partial charge in [-0.05, 0) is 41.6 Å². The highest BCUT2D eigenvalue weighted by Crippen LogP contribution is 2.36. The maximum absolute atomic E-state index is 11.8. The number of ether oxygens (including phenoxy) is 1. The number of halogens is 1. The van der Waals surface area contributed by atoms with Crippen molar-refractivity contribution in [1.29, 1.82) is 0 Å². The van der Waals surface area contributed by atoms with Gasteiger partial charge in [-0.1, -0.05) is 0 Å². The lowest BCUT2D eigenvalue weighted by atomic mass is 9.81. The van der Waals surface area contributed by atoms with Crippen LogP contribution in [0.25, 0.3) is 5.52 Å². The largest absolute Gasteiger partial charge is 0.469 e. The molecule has 1 fully saturated rings. The van der Waals surface area contributed by atoms with Gasteiger partial charge in [0.15, 0.2) is 5.52 Å². The molecule has 2 aromatic rings. The van der Waals surface area contributed by atoms with E-state index < -0.39 is 0 Å². The van der Waals surface area contributed by atoms with Crippen molar-refractivity contribution in [3.8, 4) is 0 Å². The van der Waals surface area contributed by atoms with Gasteiger partial charge in [0, 0.05) is 5.92 Å². The van der Waals surface area contributed by atoms with E-state index in [1.165, 1.54) is 13.4 Å². The van der Waals surface area contributed by atoms with Crippen molar-refractivity contribution in [2.75, 3.05) is 7.11 Å². The molecule has 1 aliphatic rings. The van der Waals surface area contributed by atoms with Gasteiger partial charge in [-0.2, -0.15) is 5.10 Å². The van der Waals surface area contributed by atoms with E-state index in [4.69, 9.17) is 4.74 Å². The smallest absolute Gasteiger partial charge is 0.308 e. The summed E-state index contributed by atoms with van der Waals surface area (Å²) in [5.41, 5.74) is 0.196. The predicted octanol–water partition coefficient (Wildman–Crippen LogP) is 1.63. The second-order valence-corrected chi connectivity index (χ2v) is 5.96. The minimum atomic E-state index is -0.223. The zero-order valence-corrected chi connectivity index (χ0v) is 13.1. The quantitative estimate of drug-likeness (QED) is 0.827. The molecule has 0 aliphatic heterocycles. The minimum absolute atomic E-state index is 0.0303. The second kappa shape index (κ2) is 5.59.